The molecule has 0 fully saturated rings. The second-order valence-electron chi connectivity index (χ2n) is 7.39. The van der Waals surface area contributed by atoms with Gasteiger partial charge in [-0.25, -0.2) is 4.98 Å². The number of hydrogen-bond acceptors (Lipinski definition) is 6. The third-order valence-electron chi connectivity index (χ3n) is 5.28. The first-order chi connectivity index (χ1) is 14.0. The molecule has 3 heterocycles. The highest BCUT2D eigenvalue weighted by molar-refractivity contribution is 7.99. The number of fused-ring (bicyclic) bond motifs is 3. The van der Waals surface area contributed by atoms with Crippen LogP contribution in [-0.4, -0.2) is 39.4 Å². The van der Waals surface area contributed by atoms with E-state index in [0.717, 1.165) is 52.1 Å². The van der Waals surface area contributed by atoms with Crippen LogP contribution < -0.4 is 10.3 Å². The van der Waals surface area contributed by atoms with Crippen LogP contribution >= 0.6 is 23.1 Å². The standard InChI is InChI=1S/C22H27N3O2S2/c1-5-27-16-9-7-15(8-10-16)25-21(26)19-17-11-12-24(14(3)4)13-18(17)29-20(19)23-22(25)28-6-2/h7-10,14H,5-6,11-13H2,1-4H3. The smallest absolute Gasteiger partial charge is 0.267 e. The molecule has 0 radical (unpaired) electrons. The molecular weight excluding hydrogens is 402 g/mol. The van der Waals surface area contributed by atoms with Crippen molar-refractivity contribution in [2.45, 2.75) is 51.9 Å². The fraction of sp³-hybridized carbons (Fsp3) is 0.455. The molecule has 0 saturated carbocycles. The van der Waals surface area contributed by atoms with Gasteiger partial charge in [0.2, 0.25) is 0 Å². The van der Waals surface area contributed by atoms with E-state index in [1.165, 1.54) is 10.4 Å². The van der Waals surface area contributed by atoms with Crippen molar-refractivity contribution < 1.29 is 4.74 Å². The maximum atomic E-state index is 13.7. The van der Waals surface area contributed by atoms with Crippen molar-refractivity contribution in [3.05, 3.63) is 45.1 Å². The first kappa shape index (κ1) is 20.4. The predicted octanol–water partition coefficient (Wildman–Crippen LogP) is 4.72. The van der Waals surface area contributed by atoms with Crippen molar-refractivity contribution >= 4 is 33.3 Å². The van der Waals surface area contributed by atoms with Crippen molar-refractivity contribution in [3.63, 3.8) is 0 Å². The minimum absolute atomic E-state index is 0.0469. The Kier molecular flexibility index (Phi) is 5.99. The Morgan fingerprint density at radius 1 is 1.24 bits per heavy atom. The first-order valence-electron chi connectivity index (χ1n) is 10.2. The Hall–Kier alpha value is -1.83. The summed E-state index contributed by atoms with van der Waals surface area (Å²) in [6.07, 6.45) is 0.911. The molecule has 0 bridgehead atoms. The van der Waals surface area contributed by atoms with Crippen molar-refractivity contribution in [3.8, 4) is 11.4 Å². The molecule has 29 heavy (non-hydrogen) atoms. The van der Waals surface area contributed by atoms with E-state index in [1.54, 1.807) is 27.7 Å². The maximum Gasteiger partial charge on any atom is 0.267 e. The topological polar surface area (TPSA) is 47.4 Å². The molecule has 1 aliphatic heterocycles. The van der Waals surface area contributed by atoms with Gasteiger partial charge in [-0.1, -0.05) is 18.7 Å². The van der Waals surface area contributed by atoms with E-state index in [0.29, 0.717) is 12.6 Å². The second-order valence-corrected chi connectivity index (χ2v) is 9.71. The Balaban J connectivity index is 1.86. The van der Waals surface area contributed by atoms with Crippen molar-refractivity contribution in [1.82, 2.24) is 14.5 Å². The van der Waals surface area contributed by atoms with Gasteiger partial charge in [0.05, 0.1) is 17.7 Å². The van der Waals surface area contributed by atoms with E-state index in [2.05, 4.69) is 25.7 Å². The molecule has 0 atom stereocenters. The van der Waals surface area contributed by atoms with Crippen molar-refractivity contribution in [2.24, 2.45) is 0 Å². The third kappa shape index (κ3) is 3.83. The van der Waals surface area contributed by atoms with Gasteiger partial charge >= 0.3 is 0 Å². The van der Waals surface area contributed by atoms with Crippen LogP contribution in [0.15, 0.2) is 34.2 Å². The molecule has 1 aromatic carbocycles. The van der Waals surface area contributed by atoms with E-state index < -0.39 is 0 Å². The highest BCUT2D eigenvalue weighted by atomic mass is 32.2. The van der Waals surface area contributed by atoms with Crippen LogP contribution in [0.1, 0.15) is 38.1 Å². The van der Waals surface area contributed by atoms with Gasteiger partial charge in [0.25, 0.3) is 5.56 Å². The SMILES string of the molecule is CCOc1ccc(-n2c(SCC)nc3sc4c(c3c2=O)CCN(C(C)C)C4)cc1. The highest BCUT2D eigenvalue weighted by Gasteiger charge is 2.26. The van der Waals surface area contributed by atoms with E-state index in [4.69, 9.17) is 9.72 Å². The zero-order valence-corrected chi connectivity index (χ0v) is 19.0. The molecule has 2 aromatic heterocycles. The van der Waals surface area contributed by atoms with E-state index in [9.17, 15) is 4.79 Å². The van der Waals surface area contributed by atoms with E-state index >= 15 is 0 Å². The van der Waals surface area contributed by atoms with Gasteiger partial charge in [-0.05, 0) is 62.8 Å². The maximum absolute atomic E-state index is 13.7. The quantitative estimate of drug-likeness (QED) is 0.419. The molecule has 4 rings (SSSR count). The van der Waals surface area contributed by atoms with Crippen LogP contribution in [0.25, 0.3) is 15.9 Å². The summed E-state index contributed by atoms with van der Waals surface area (Å²) in [6.45, 7) is 11.0. The van der Waals surface area contributed by atoms with Gasteiger partial charge in [-0.15, -0.1) is 11.3 Å². The van der Waals surface area contributed by atoms with E-state index in [1.807, 2.05) is 31.2 Å². The monoisotopic (exact) mass is 429 g/mol. The lowest BCUT2D eigenvalue weighted by atomic mass is 10.0. The van der Waals surface area contributed by atoms with Crippen LogP contribution in [0.3, 0.4) is 0 Å². The number of aromatic nitrogens is 2. The molecule has 0 amide bonds. The molecule has 7 heteroatoms. The molecule has 3 aromatic rings. The largest absolute Gasteiger partial charge is 0.494 e. The summed E-state index contributed by atoms with van der Waals surface area (Å²) in [5.74, 6) is 1.67. The molecular formula is C22H27N3O2S2. The molecule has 1 aliphatic rings. The lowest BCUT2D eigenvalue weighted by Gasteiger charge is -2.30. The number of thioether (sulfide) groups is 1. The minimum Gasteiger partial charge on any atom is -0.494 e. The molecule has 154 valence electrons. The highest BCUT2D eigenvalue weighted by Crippen LogP contribution is 2.34. The van der Waals surface area contributed by atoms with Crippen LogP contribution in [0, 0.1) is 0 Å². The summed E-state index contributed by atoms with van der Waals surface area (Å²) in [4.78, 5) is 23.2. The Morgan fingerprint density at radius 2 is 2.00 bits per heavy atom. The Morgan fingerprint density at radius 3 is 2.66 bits per heavy atom. The van der Waals surface area contributed by atoms with Crippen LogP contribution in [0.4, 0.5) is 0 Å². The van der Waals surface area contributed by atoms with Crippen LogP contribution in [0.2, 0.25) is 0 Å². The molecule has 5 nitrogen and oxygen atoms in total. The van der Waals surface area contributed by atoms with Gasteiger partial charge < -0.3 is 4.74 Å². The summed E-state index contributed by atoms with van der Waals surface area (Å²) in [5, 5.41) is 1.57. The minimum atomic E-state index is 0.0469. The average molecular weight is 430 g/mol. The van der Waals surface area contributed by atoms with Gasteiger partial charge in [-0.2, -0.15) is 0 Å². The zero-order chi connectivity index (χ0) is 20.5. The number of nitrogens with zero attached hydrogens (tertiary/aromatic N) is 3. The van der Waals surface area contributed by atoms with Crippen LogP contribution in [-0.2, 0) is 13.0 Å². The van der Waals surface area contributed by atoms with Gasteiger partial charge in [0.1, 0.15) is 10.6 Å². The number of benzene rings is 1. The van der Waals surface area contributed by atoms with Crippen molar-refractivity contribution in [1.29, 1.82) is 0 Å². The number of ether oxygens (including phenoxy) is 1. The molecule has 0 N–H and O–H groups in total. The predicted molar refractivity (Wildman–Crippen MR) is 122 cm³/mol. The van der Waals surface area contributed by atoms with Crippen molar-refractivity contribution in [2.75, 3.05) is 18.9 Å². The number of thiophene rings is 1. The van der Waals surface area contributed by atoms with Gasteiger partial charge in [0, 0.05) is 24.0 Å². The first-order valence-corrected chi connectivity index (χ1v) is 12.0. The summed E-state index contributed by atoms with van der Waals surface area (Å²) in [5.41, 5.74) is 2.08. The average Bonchev–Trinajstić information content (AvgIpc) is 3.07. The lowest BCUT2D eigenvalue weighted by Crippen LogP contribution is -2.35. The van der Waals surface area contributed by atoms with Gasteiger partial charge in [-0.3, -0.25) is 14.3 Å². The number of hydrogen-bond donors (Lipinski definition) is 0. The summed E-state index contributed by atoms with van der Waals surface area (Å²) in [7, 11) is 0. The Bertz CT molecular complexity index is 1070. The fourth-order valence-corrected chi connectivity index (χ4v) is 5.82. The summed E-state index contributed by atoms with van der Waals surface area (Å²) in [6, 6.07) is 8.23. The summed E-state index contributed by atoms with van der Waals surface area (Å²) >= 11 is 3.30. The summed E-state index contributed by atoms with van der Waals surface area (Å²) < 4.78 is 7.33. The third-order valence-corrected chi connectivity index (χ3v) is 7.21. The molecule has 0 unspecified atom stereocenters. The molecule has 0 spiro atoms. The van der Waals surface area contributed by atoms with Crippen LogP contribution in [0.5, 0.6) is 5.75 Å². The number of rotatable bonds is 6. The fourth-order valence-electron chi connectivity index (χ4n) is 3.80. The zero-order valence-electron chi connectivity index (χ0n) is 17.4. The second kappa shape index (κ2) is 8.50. The Labute approximate surface area is 179 Å². The van der Waals surface area contributed by atoms with Gasteiger partial charge in [0.15, 0.2) is 5.16 Å². The normalized spacial score (nSPS) is 14.5. The molecule has 0 saturated heterocycles. The lowest BCUT2D eigenvalue weighted by molar-refractivity contribution is 0.206. The molecule has 0 aliphatic carbocycles. The van der Waals surface area contributed by atoms with E-state index in [-0.39, 0.29) is 5.56 Å².